The SMILES string of the molecule is CC(C)=C(C)C(=O)C1CC2CCC(C1)S2(=O)=O. The van der Waals surface area contributed by atoms with Crippen LogP contribution in [-0.4, -0.2) is 24.7 Å². The topological polar surface area (TPSA) is 51.2 Å². The molecular formula is C13H20O3S. The molecule has 2 fully saturated rings. The predicted octanol–water partition coefficient (Wildman–Crippen LogP) is 2.27. The summed E-state index contributed by atoms with van der Waals surface area (Å²) in [5.74, 6) is 0.0997. The third-order valence-corrected chi connectivity index (χ3v) is 7.04. The number of allylic oxidation sites excluding steroid dienone is 2. The molecule has 0 radical (unpaired) electrons. The lowest BCUT2D eigenvalue weighted by Crippen LogP contribution is -2.36. The van der Waals surface area contributed by atoms with Crippen molar-refractivity contribution in [3.8, 4) is 0 Å². The lowest BCUT2D eigenvalue weighted by atomic mass is 9.89. The first-order chi connectivity index (χ1) is 7.84. The molecule has 2 rings (SSSR count). The average molecular weight is 256 g/mol. The van der Waals surface area contributed by atoms with E-state index < -0.39 is 9.84 Å². The zero-order valence-electron chi connectivity index (χ0n) is 10.7. The van der Waals surface area contributed by atoms with Gasteiger partial charge in [-0.05, 0) is 52.0 Å². The lowest BCUT2D eigenvalue weighted by molar-refractivity contribution is -0.119. The molecule has 2 atom stereocenters. The van der Waals surface area contributed by atoms with Gasteiger partial charge in [0.25, 0.3) is 0 Å². The number of hydrogen-bond acceptors (Lipinski definition) is 3. The Labute approximate surface area is 103 Å². The Morgan fingerprint density at radius 3 is 1.88 bits per heavy atom. The zero-order valence-corrected chi connectivity index (χ0v) is 11.5. The number of hydrogen-bond donors (Lipinski definition) is 0. The van der Waals surface area contributed by atoms with Crippen LogP contribution in [0.2, 0.25) is 0 Å². The van der Waals surface area contributed by atoms with Crippen LogP contribution in [0.3, 0.4) is 0 Å². The molecule has 0 N–H and O–H groups in total. The minimum atomic E-state index is -2.91. The number of sulfone groups is 1. The van der Waals surface area contributed by atoms with Crippen LogP contribution in [0.5, 0.6) is 0 Å². The summed E-state index contributed by atoms with van der Waals surface area (Å²) in [7, 11) is -2.91. The van der Waals surface area contributed by atoms with Crippen LogP contribution in [0.15, 0.2) is 11.1 Å². The molecule has 0 amide bonds. The van der Waals surface area contributed by atoms with E-state index in [1.165, 1.54) is 0 Å². The molecule has 2 bridgehead atoms. The Bertz CT molecular complexity index is 449. The molecule has 17 heavy (non-hydrogen) atoms. The zero-order chi connectivity index (χ0) is 12.8. The molecule has 0 spiro atoms. The van der Waals surface area contributed by atoms with E-state index in [0.29, 0.717) is 12.8 Å². The van der Waals surface area contributed by atoms with Gasteiger partial charge in [-0.15, -0.1) is 0 Å². The van der Waals surface area contributed by atoms with E-state index in [4.69, 9.17) is 0 Å². The summed E-state index contributed by atoms with van der Waals surface area (Å²) in [6.07, 6.45) is 2.60. The van der Waals surface area contributed by atoms with Gasteiger partial charge in [-0.2, -0.15) is 0 Å². The standard InChI is InChI=1S/C13H20O3S/c1-8(2)9(3)13(14)10-6-11-4-5-12(7-10)17(11,15)16/h10-12H,4-7H2,1-3H3. The number of rotatable bonds is 2. The molecule has 2 saturated heterocycles. The predicted molar refractivity (Wildman–Crippen MR) is 67.5 cm³/mol. The molecular weight excluding hydrogens is 236 g/mol. The van der Waals surface area contributed by atoms with Crippen molar-refractivity contribution in [2.45, 2.75) is 57.0 Å². The fourth-order valence-electron chi connectivity index (χ4n) is 2.97. The molecule has 0 aromatic heterocycles. The summed E-state index contributed by atoms with van der Waals surface area (Å²) >= 11 is 0. The van der Waals surface area contributed by atoms with Crippen LogP contribution in [0, 0.1) is 5.92 Å². The first-order valence-electron chi connectivity index (χ1n) is 6.25. The van der Waals surface area contributed by atoms with E-state index in [1.807, 2.05) is 20.8 Å². The molecule has 3 nitrogen and oxygen atoms in total. The largest absolute Gasteiger partial charge is 0.294 e. The first kappa shape index (κ1) is 12.8. The first-order valence-corrected chi connectivity index (χ1v) is 7.86. The van der Waals surface area contributed by atoms with E-state index in [-0.39, 0.29) is 22.2 Å². The van der Waals surface area contributed by atoms with Crippen molar-refractivity contribution >= 4 is 15.6 Å². The average Bonchev–Trinajstić information content (AvgIpc) is 2.46. The minimum absolute atomic E-state index is 0.0640. The Kier molecular flexibility index (Phi) is 3.19. The van der Waals surface area contributed by atoms with Crippen molar-refractivity contribution in [1.82, 2.24) is 0 Å². The van der Waals surface area contributed by atoms with Crippen molar-refractivity contribution in [2.24, 2.45) is 5.92 Å². The maximum Gasteiger partial charge on any atom is 0.161 e. The van der Waals surface area contributed by atoms with Gasteiger partial charge < -0.3 is 0 Å². The maximum absolute atomic E-state index is 12.2. The fraction of sp³-hybridized carbons (Fsp3) is 0.769. The number of fused-ring (bicyclic) bond motifs is 2. The number of ketones is 1. The fourth-order valence-corrected chi connectivity index (χ4v) is 5.45. The van der Waals surface area contributed by atoms with Gasteiger partial charge in [-0.25, -0.2) is 8.42 Å². The van der Waals surface area contributed by atoms with E-state index >= 15 is 0 Å². The molecule has 4 heteroatoms. The van der Waals surface area contributed by atoms with Gasteiger partial charge in [0.05, 0.1) is 10.5 Å². The summed E-state index contributed by atoms with van der Waals surface area (Å²) in [5, 5.41) is -0.500. The van der Waals surface area contributed by atoms with E-state index in [9.17, 15) is 13.2 Å². The monoisotopic (exact) mass is 256 g/mol. The molecule has 0 aromatic rings. The molecule has 0 saturated carbocycles. The smallest absolute Gasteiger partial charge is 0.161 e. The maximum atomic E-state index is 12.2. The third-order valence-electron chi connectivity index (χ3n) is 4.33. The molecule has 2 aliphatic rings. The van der Waals surface area contributed by atoms with Crippen LogP contribution in [0.25, 0.3) is 0 Å². The highest BCUT2D eigenvalue weighted by atomic mass is 32.2. The second-order valence-electron chi connectivity index (χ2n) is 5.57. The normalized spacial score (nSPS) is 34.4. The highest BCUT2D eigenvalue weighted by Gasteiger charge is 2.48. The summed E-state index contributed by atoms with van der Waals surface area (Å²) in [6.45, 7) is 5.71. The summed E-state index contributed by atoms with van der Waals surface area (Å²) < 4.78 is 23.8. The Morgan fingerprint density at radius 1 is 1.00 bits per heavy atom. The highest BCUT2D eigenvalue weighted by molar-refractivity contribution is 7.93. The third kappa shape index (κ3) is 2.07. The summed E-state index contributed by atoms with van der Waals surface area (Å²) in [4.78, 5) is 12.2. The van der Waals surface area contributed by atoms with Gasteiger partial charge in [0.2, 0.25) is 0 Å². The van der Waals surface area contributed by atoms with Crippen LogP contribution >= 0.6 is 0 Å². The van der Waals surface area contributed by atoms with Crippen molar-refractivity contribution < 1.29 is 13.2 Å². The van der Waals surface area contributed by atoms with Crippen molar-refractivity contribution in [1.29, 1.82) is 0 Å². The van der Waals surface area contributed by atoms with Crippen molar-refractivity contribution in [3.05, 3.63) is 11.1 Å². The van der Waals surface area contributed by atoms with Gasteiger partial charge in [0.1, 0.15) is 0 Å². The lowest BCUT2D eigenvalue weighted by Gasteiger charge is -2.27. The van der Waals surface area contributed by atoms with Gasteiger partial charge in [-0.3, -0.25) is 4.79 Å². The van der Waals surface area contributed by atoms with E-state index in [1.54, 1.807) is 0 Å². The molecule has 2 unspecified atom stereocenters. The molecule has 96 valence electrons. The van der Waals surface area contributed by atoms with Crippen molar-refractivity contribution in [2.75, 3.05) is 0 Å². The molecule has 0 aliphatic carbocycles. The Balaban J connectivity index is 2.19. The number of carbonyl (C=O) groups excluding carboxylic acids is 1. The van der Waals surface area contributed by atoms with Gasteiger partial charge in [0.15, 0.2) is 15.6 Å². The highest BCUT2D eigenvalue weighted by Crippen LogP contribution is 2.42. The van der Waals surface area contributed by atoms with Gasteiger partial charge >= 0.3 is 0 Å². The van der Waals surface area contributed by atoms with Crippen LogP contribution in [0.4, 0.5) is 0 Å². The molecule has 2 aliphatic heterocycles. The Morgan fingerprint density at radius 2 is 1.47 bits per heavy atom. The van der Waals surface area contributed by atoms with Gasteiger partial charge in [-0.1, -0.05) is 5.57 Å². The minimum Gasteiger partial charge on any atom is -0.294 e. The number of carbonyl (C=O) groups is 1. The summed E-state index contributed by atoms with van der Waals surface area (Å²) in [5.41, 5.74) is 1.85. The second-order valence-corrected chi connectivity index (χ2v) is 8.08. The summed E-state index contributed by atoms with van der Waals surface area (Å²) in [6, 6.07) is 0. The Hall–Kier alpha value is -0.640. The quantitative estimate of drug-likeness (QED) is 0.712. The molecule has 2 heterocycles. The van der Waals surface area contributed by atoms with Crippen molar-refractivity contribution in [3.63, 3.8) is 0 Å². The second kappa shape index (κ2) is 4.23. The van der Waals surface area contributed by atoms with Gasteiger partial charge in [0, 0.05) is 5.92 Å². The van der Waals surface area contributed by atoms with Crippen LogP contribution in [-0.2, 0) is 14.6 Å². The van der Waals surface area contributed by atoms with E-state index in [0.717, 1.165) is 24.0 Å². The van der Waals surface area contributed by atoms with Crippen LogP contribution in [0.1, 0.15) is 46.5 Å². The number of Topliss-reactive ketones (excluding diaryl/α,β-unsaturated/α-hetero) is 1. The van der Waals surface area contributed by atoms with Crippen LogP contribution < -0.4 is 0 Å². The van der Waals surface area contributed by atoms with E-state index in [2.05, 4.69) is 0 Å². The molecule has 0 aromatic carbocycles.